The van der Waals surface area contributed by atoms with Crippen LogP contribution in [0.2, 0.25) is 5.02 Å². The third kappa shape index (κ3) is 5.26. The molecule has 1 amide bonds. The van der Waals surface area contributed by atoms with Crippen molar-refractivity contribution in [1.82, 2.24) is 24.9 Å². The van der Waals surface area contributed by atoms with E-state index in [0.29, 0.717) is 27.6 Å². The SMILES string of the molecule is C[C@@H](CF)Nc1cc(-c2cnn3cc(Cl)cnc23)ncc1C(=O)NC[C@@H](F)C(C)(C)O. The number of amides is 1. The van der Waals surface area contributed by atoms with Crippen LogP contribution in [-0.4, -0.2) is 61.6 Å². The Hall–Kier alpha value is -2.85. The van der Waals surface area contributed by atoms with Gasteiger partial charge in [0.15, 0.2) is 5.65 Å². The summed E-state index contributed by atoms with van der Waals surface area (Å²) in [6.45, 7) is 3.19. The lowest BCUT2D eigenvalue weighted by molar-refractivity contribution is -0.00177. The number of rotatable bonds is 8. The monoisotopic (exact) mass is 452 g/mol. The zero-order chi connectivity index (χ0) is 22.8. The topological polar surface area (TPSA) is 104 Å². The van der Waals surface area contributed by atoms with Crippen LogP contribution in [0, 0.1) is 0 Å². The fraction of sp³-hybridized carbons (Fsp3) is 0.400. The maximum atomic E-state index is 14.0. The van der Waals surface area contributed by atoms with Crippen molar-refractivity contribution in [3.8, 4) is 11.3 Å². The summed E-state index contributed by atoms with van der Waals surface area (Å²) < 4.78 is 28.6. The number of carbonyl (C=O) groups excluding carboxylic acids is 1. The van der Waals surface area contributed by atoms with Crippen molar-refractivity contribution in [3.63, 3.8) is 0 Å². The van der Waals surface area contributed by atoms with Gasteiger partial charge >= 0.3 is 0 Å². The van der Waals surface area contributed by atoms with Gasteiger partial charge < -0.3 is 15.7 Å². The normalized spacial score (nSPS) is 13.8. The van der Waals surface area contributed by atoms with E-state index >= 15 is 0 Å². The van der Waals surface area contributed by atoms with E-state index in [9.17, 15) is 18.7 Å². The highest BCUT2D eigenvalue weighted by Crippen LogP contribution is 2.27. The quantitative estimate of drug-likeness (QED) is 0.485. The standard InChI is InChI=1S/C20H23ClF2N6O2/c1-11(5-22)28-16-4-15(13-8-27-29-10-12(21)6-25-18(13)29)24-7-14(16)19(30)26-9-17(23)20(2,3)31/h4,6-8,10-11,17,31H,5,9H2,1-3H3,(H,24,28)(H,26,30)/t11-,17+/m0/s1. The predicted octanol–water partition coefficient (Wildman–Crippen LogP) is 3.05. The summed E-state index contributed by atoms with van der Waals surface area (Å²) in [6.07, 6.45) is 4.27. The lowest BCUT2D eigenvalue weighted by Crippen LogP contribution is -2.42. The Morgan fingerprint density at radius 2 is 2.06 bits per heavy atom. The van der Waals surface area contributed by atoms with E-state index in [1.807, 2.05) is 0 Å². The number of anilines is 1. The minimum absolute atomic E-state index is 0.111. The van der Waals surface area contributed by atoms with Crippen LogP contribution in [0.1, 0.15) is 31.1 Å². The third-order valence-electron chi connectivity index (χ3n) is 4.59. The maximum absolute atomic E-state index is 14.0. The van der Waals surface area contributed by atoms with Gasteiger partial charge in [-0.1, -0.05) is 11.6 Å². The second-order valence-corrected chi connectivity index (χ2v) is 8.18. The number of nitrogens with zero attached hydrogens (tertiary/aromatic N) is 4. The van der Waals surface area contributed by atoms with Gasteiger partial charge in [0.05, 0.1) is 58.1 Å². The Bertz CT molecular complexity index is 1090. The molecule has 11 heteroatoms. The van der Waals surface area contributed by atoms with Gasteiger partial charge in [0.1, 0.15) is 12.8 Å². The van der Waals surface area contributed by atoms with Crippen LogP contribution in [0.15, 0.2) is 30.9 Å². The fourth-order valence-electron chi connectivity index (χ4n) is 2.77. The van der Waals surface area contributed by atoms with Gasteiger partial charge in [-0.2, -0.15) is 5.10 Å². The molecule has 0 aromatic carbocycles. The second-order valence-electron chi connectivity index (χ2n) is 7.74. The van der Waals surface area contributed by atoms with Crippen molar-refractivity contribution in [1.29, 1.82) is 0 Å². The summed E-state index contributed by atoms with van der Waals surface area (Å²) in [5, 5.41) is 19.7. The van der Waals surface area contributed by atoms with E-state index in [1.165, 1.54) is 30.8 Å². The molecule has 3 aromatic heterocycles. The zero-order valence-corrected chi connectivity index (χ0v) is 18.0. The van der Waals surface area contributed by atoms with Crippen LogP contribution in [0.25, 0.3) is 16.9 Å². The number of aromatic nitrogens is 4. The average molecular weight is 453 g/mol. The predicted molar refractivity (Wildman–Crippen MR) is 114 cm³/mol. The molecule has 3 rings (SSSR count). The summed E-state index contributed by atoms with van der Waals surface area (Å²) in [4.78, 5) is 21.2. The van der Waals surface area contributed by atoms with E-state index < -0.39 is 30.4 Å². The molecular weight excluding hydrogens is 430 g/mol. The van der Waals surface area contributed by atoms with Crippen molar-refractivity contribution >= 4 is 28.8 Å². The van der Waals surface area contributed by atoms with E-state index in [2.05, 4.69) is 25.7 Å². The number of pyridine rings is 1. The van der Waals surface area contributed by atoms with Gasteiger partial charge in [0, 0.05) is 12.4 Å². The zero-order valence-electron chi connectivity index (χ0n) is 17.2. The molecule has 0 saturated carbocycles. The smallest absolute Gasteiger partial charge is 0.255 e. The molecule has 166 valence electrons. The summed E-state index contributed by atoms with van der Waals surface area (Å²) in [7, 11) is 0. The largest absolute Gasteiger partial charge is 0.387 e. The van der Waals surface area contributed by atoms with E-state index in [0.717, 1.165) is 0 Å². The van der Waals surface area contributed by atoms with Crippen LogP contribution in [0.4, 0.5) is 14.5 Å². The molecule has 31 heavy (non-hydrogen) atoms. The summed E-state index contributed by atoms with van der Waals surface area (Å²) >= 11 is 5.94. The Balaban J connectivity index is 1.94. The van der Waals surface area contributed by atoms with E-state index in [1.54, 1.807) is 25.4 Å². The molecule has 0 bridgehead atoms. The number of carbonyl (C=O) groups is 1. The number of fused-ring (bicyclic) bond motifs is 1. The minimum Gasteiger partial charge on any atom is -0.387 e. The van der Waals surface area contributed by atoms with Crippen LogP contribution in [0.3, 0.4) is 0 Å². The number of hydrogen-bond acceptors (Lipinski definition) is 6. The summed E-state index contributed by atoms with van der Waals surface area (Å²) in [5.74, 6) is -0.607. The Morgan fingerprint density at radius 3 is 2.74 bits per heavy atom. The molecule has 0 fully saturated rings. The maximum Gasteiger partial charge on any atom is 0.255 e. The number of nitrogens with one attached hydrogen (secondary N) is 2. The first-order chi connectivity index (χ1) is 14.6. The molecule has 0 aliphatic rings. The van der Waals surface area contributed by atoms with Gasteiger partial charge in [-0.05, 0) is 26.8 Å². The van der Waals surface area contributed by atoms with Crippen molar-refractivity contribution in [2.45, 2.75) is 38.6 Å². The van der Waals surface area contributed by atoms with Crippen molar-refractivity contribution < 1.29 is 18.7 Å². The fourth-order valence-corrected chi connectivity index (χ4v) is 2.91. The molecule has 8 nitrogen and oxygen atoms in total. The summed E-state index contributed by atoms with van der Waals surface area (Å²) in [6, 6.07) is 1.00. The first kappa shape index (κ1) is 22.8. The number of aliphatic hydroxyl groups is 1. The van der Waals surface area contributed by atoms with Crippen molar-refractivity contribution in [3.05, 3.63) is 41.4 Å². The number of alkyl halides is 2. The van der Waals surface area contributed by atoms with Gasteiger partial charge in [-0.3, -0.25) is 9.78 Å². The molecule has 3 aromatic rings. The molecule has 2 atom stereocenters. The Morgan fingerprint density at radius 1 is 1.32 bits per heavy atom. The molecule has 0 unspecified atom stereocenters. The van der Waals surface area contributed by atoms with Gasteiger partial charge in [-0.15, -0.1) is 0 Å². The van der Waals surface area contributed by atoms with E-state index in [4.69, 9.17) is 11.6 Å². The van der Waals surface area contributed by atoms with Crippen LogP contribution in [-0.2, 0) is 0 Å². The molecule has 0 saturated heterocycles. The van der Waals surface area contributed by atoms with Crippen LogP contribution >= 0.6 is 11.6 Å². The molecular formula is C20H23ClF2N6O2. The van der Waals surface area contributed by atoms with Gasteiger partial charge in [0.2, 0.25) is 0 Å². The molecule has 0 aliphatic heterocycles. The number of hydrogen-bond donors (Lipinski definition) is 3. The second kappa shape index (κ2) is 9.11. The van der Waals surface area contributed by atoms with Gasteiger partial charge in [-0.25, -0.2) is 18.3 Å². The average Bonchev–Trinajstić information content (AvgIpc) is 3.13. The molecule has 3 N–H and O–H groups in total. The molecule has 0 radical (unpaired) electrons. The third-order valence-corrected chi connectivity index (χ3v) is 4.79. The Labute approximate surface area is 182 Å². The molecule has 0 spiro atoms. The number of halogens is 3. The van der Waals surface area contributed by atoms with E-state index in [-0.39, 0.29) is 12.1 Å². The lowest BCUT2D eigenvalue weighted by atomic mass is 10.0. The molecule has 3 heterocycles. The highest BCUT2D eigenvalue weighted by Gasteiger charge is 2.27. The lowest BCUT2D eigenvalue weighted by Gasteiger charge is -2.23. The molecule has 0 aliphatic carbocycles. The van der Waals surface area contributed by atoms with Crippen LogP contribution in [0.5, 0.6) is 0 Å². The van der Waals surface area contributed by atoms with Crippen LogP contribution < -0.4 is 10.6 Å². The summed E-state index contributed by atoms with van der Waals surface area (Å²) in [5.41, 5.74) is 0.377. The first-order valence-corrected chi connectivity index (χ1v) is 9.94. The highest BCUT2D eigenvalue weighted by atomic mass is 35.5. The minimum atomic E-state index is -1.67. The van der Waals surface area contributed by atoms with Crippen molar-refractivity contribution in [2.75, 3.05) is 18.5 Å². The van der Waals surface area contributed by atoms with Gasteiger partial charge in [0.25, 0.3) is 5.91 Å². The van der Waals surface area contributed by atoms with Crippen molar-refractivity contribution in [2.24, 2.45) is 0 Å². The first-order valence-electron chi connectivity index (χ1n) is 9.56. The Kier molecular flexibility index (Phi) is 6.71. The highest BCUT2D eigenvalue weighted by molar-refractivity contribution is 6.30.